The summed E-state index contributed by atoms with van der Waals surface area (Å²) in [6.07, 6.45) is 0.648. The van der Waals surface area contributed by atoms with Crippen LogP contribution in [0.3, 0.4) is 0 Å². The third kappa shape index (κ3) is 6.69. The van der Waals surface area contributed by atoms with E-state index in [-0.39, 0.29) is 29.0 Å². The molecule has 0 saturated carbocycles. The second kappa shape index (κ2) is 11.2. The zero-order valence-corrected chi connectivity index (χ0v) is 20.3. The highest BCUT2D eigenvalue weighted by Crippen LogP contribution is 2.32. The maximum absolute atomic E-state index is 13.5. The molecule has 0 aromatic heterocycles. The van der Waals surface area contributed by atoms with Gasteiger partial charge in [0.15, 0.2) is 11.5 Å². The van der Waals surface area contributed by atoms with Crippen LogP contribution in [-0.2, 0) is 16.7 Å². The van der Waals surface area contributed by atoms with Crippen molar-refractivity contribution >= 4 is 21.8 Å². The first-order chi connectivity index (χ1) is 16.6. The van der Waals surface area contributed by atoms with Crippen molar-refractivity contribution < 1.29 is 30.9 Å². The Morgan fingerprint density at radius 3 is 2.34 bits per heavy atom. The summed E-state index contributed by atoms with van der Waals surface area (Å²) in [6, 6.07) is 13.9. The van der Waals surface area contributed by atoms with Crippen molar-refractivity contribution in [2.24, 2.45) is 0 Å². The van der Waals surface area contributed by atoms with Crippen molar-refractivity contribution in [1.29, 1.82) is 0 Å². The molecule has 7 nitrogen and oxygen atoms in total. The van der Waals surface area contributed by atoms with E-state index in [1.807, 2.05) is 13.8 Å². The van der Waals surface area contributed by atoms with Crippen LogP contribution in [0.2, 0.25) is 0 Å². The van der Waals surface area contributed by atoms with Crippen LogP contribution < -0.4 is 14.2 Å². The number of hydrogen-bond acceptors (Lipinski definition) is 5. The lowest BCUT2D eigenvalue weighted by Gasteiger charge is -2.29. The molecule has 0 bridgehead atoms. The molecular formula is C25H26F2N2O5S. The second-order valence-corrected chi connectivity index (χ2v) is 9.35. The molecule has 0 saturated heterocycles. The molecule has 3 aromatic carbocycles. The molecule has 186 valence electrons. The maximum Gasteiger partial charge on any atom is 0.339 e. The van der Waals surface area contributed by atoms with Gasteiger partial charge in [-0.1, -0.05) is 19.1 Å². The Hall–Kier alpha value is -3.66. The van der Waals surface area contributed by atoms with E-state index in [0.29, 0.717) is 17.7 Å². The Morgan fingerprint density at radius 1 is 1.00 bits per heavy atom. The van der Waals surface area contributed by atoms with Gasteiger partial charge in [0.25, 0.3) is 0 Å². The number of nitrogens with one attached hydrogen (secondary N) is 1. The smallest absolute Gasteiger partial charge is 0.339 e. The molecule has 35 heavy (non-hydrogen) atoms. The van der Waals surface area contributed by atoms with Crippen molar-refractivity contribution in [3.63, 3.8) is 0 Å². The third-order valence-corrected chi connectivity index (χ3v) is 6.59. The number of carbonyl (C=O) groups is 1. The number of hydrogen-bond donors (Lipinski definition) is 1. The van der Waals surface area contributed by atoms with Gasteiger partial charge >= 0.3 is 16.1 Å². The molecule has 0 radical (unpaired) electrons. The van der Waals surface area contributed by atoms with Crippen LogP contribution in [0, 0.1) is 11.6 Å². The van der Waals surface area contributed by atoms with Crippen LogP contribution in [0.15, 0.2) is 71.6 Å². The lowest BCUT2D eigenvalue weighted by Crippen LogP contribution is -2.40. The average Bonchev–Trinajstić information content (AvgIpc) is 2.82. The molecule has 0 aliphatic rings. The Labute approximate surface area is 203 Å². The van der Waals surface area contributed by atoms with Crippen LogP contribution in [0.4, 0.5) is 19.3 Å². The van der Waals surface area contributed by atoms with Gasteiger partial charge in [-0.05, 0) is 73.5 Å². The Bertz CT molecular complexity index is 1280. The molecule has 3 rings (SSSR count). The molecule has 2 amide bonds. The molecule has 0 aliphatic carbocycles. The van der Waals surface area contributed by atoms with Gasteiger partial charge < -0.3 is 19.1 Å². The molecule has 0 heterocycles. The van der Waals surface area contributed by atoms with Crippen LogP contribution >= 0.6 is 0 Å². The van der Waals surface area contributed by atoms with Gasteiger partial charge in [-0.25, -0.2) is 13.6 Å². The van der Waals surface area contributed by atoms with Gasteiger partial charge in [-0.3, -0.25) is 0 Å². The van der Waals surface area contributed by atoms with Gasteiger partial charge in [0.05, 0.1) is 7.11 Å². The average molecular weight is 505 g/mol. The minimum Gasteiger partial charge on any atom is -0.493 e. The predicted octanol–water partition coefficient (Wildman–Crippen LogP) is 5.57. The third-order valence-electron chi connectivity index (χ3n) is 5.34. The minimum atomic E-state index is -4.27. The Balaban J connectivity index is 1.86. The maximum atomic E-state index is 13.5. The summed E-state index contributed by atoms with van der Waals surface area (Å²) in [5.74, 6) is -0.968. The molecule has 3 aromatic rings. The van der Waals surface area contributed by atoms with Crippen molar-refractivity contribution in [3.8, 4) is 11.5 Å². The van der Waals surface area contributed by atoms with Crippen LogP contribution in [0.25, 0.3) is 0 Å². The predicted molar refractivity (Wildman–Crippen MR) is 128 cm³/mol. The SMILES string of the molecule is CC[C@@H](C)N(Cc1ccc(OC)c(OS(=O)(=O)c2ccc(F)cc2)c1)C(=O)Nc1cccc(F)c1. The monoisotopic (exact) mass is 504 g/mol. The number of rotatable bonds is 9. The number of methoxy groups -OCH3 is 1. The number of benzene rings is 3. The number of urea groups is 1. The quantitative estimate of drug-likeness (QED) is 0.385. The van der Waals surface area contributed by atoms with Gasteiger partial charge in [-0.2, -0.15) is 8.42 Å². The highest BCUT2D eigenvalue weighted by molar-refractivity contribution is 7.87. The van der Waals surface area contributed by atoms with Crippen LogP contribution in [0.1, 0.15) is 25.8 Å². The molecule has 10 heteroatoms. The number of ether oxygens (including phenoxy) is 1. The Morgan fingerprint density at radius 2 is 1.71 bits per heavy atom. The van der Waals surface area contributed by atoms with Crippen molar-refractivity contribution in [2.45, 2.75) is 37.8 Å². The zero-order valence-electron chi connectivity index (χ0n) is 19.5. The first-order valence-corrected chi connectivity index (χ1v) is 12.2. The summed E-state index contributed by atoms with van der Waals surface area (Å²) in [5, 5.41) is 2.68. The number of nitrogens with zero attached hydrogens (tertiary/aromatic N) is 1. The molecule has 0 fully saturated rings. The summed E-state index contributed by atoms with van der Waals surface area (Å²) in [6.45, 7) is 3.91. The number of amides is 2. The summed E-state index contributed by atoms with van der Waals surface area (Å²) < 4.78 is 62.7. The molecular weight excluding hydrogens is 478 g/mol. The zero-order chi connectivity index (χ0) is 25.6. The molecule has 0 unspecified atom stereocenters. The second-order valence-electron chi connectivity index (χ2n) is 7.80. The minimum absolute atomic E-state index is 0.0797. The van der Waals surface area contributed by atoms with Crippen molar-refractivity contribution in [3.05, 3.63) is 83.9 Å². The molecule has 0 spiro atoms. The van der Waals surface area contributed by atoms with E-state index < -0.39 is 27.8 Å². The van der Waals surface area contributed by atoms with Crippen molar-refractivity contribution in [1.82, 2.24) is 4.90 Å². The number of halogens is 2. The molecule has 1 N–H and O–H groups in total. The first-order valence-electron chi connectivity index (χ1n) is 10.8. The van der Waals surface area contributed by atoms with E-state index in [4.69, 9.17) is 8.92 Å². The standard InChI is InChI=1S/C25H26F2N2O5S/c1-4-17(2)29(25(30)28-21-7-5-6-20(27)15-21)16-18-8-13-23(33-3)24(14-18)34-35(31,32)22-11-9-19(26)10-12-22/h5-15,17H,4,16H2,1-3H3,(H,28,30)/t17-/m1/s1. The highest BCUT2D eigenvalue weighted by Gasteiger charge is 2.23. The lowest BCUT2D eigenvalue weighted by atomic mass is 10.1. The summed E-state index contributed by atoms with van der Waals surface area (Å²) in [5.41, 5.74) is 0.886. The van der Waals surface area contributed by atoms with E-state index in [1.54, 1.807) is 17.0 Å². The van der Waals surface area contributed by atoms with Gasteiger partial charge in [0, 0.05) is 18.3 Å². The fraction of sp³-hybridized carbons (Fsp3) is 0.240. The normalized spacial score (nSPS) is 12.0. The summed E-state index contributed by atoms with van der Waals surface area (Å²) >= 11 is 0. The molecule has 1 atom stereocenters. The number of carbonyl (C=O) groups excluding carboxylic acids is 1. The largest absolute Gasteiger partial charge is 0.493 e. The van der Waals surface area contributed by atoms with Gasteiger partial charge in [0.2, 0.25) is 0 Å². The van der Waals surface area contributed by atoms with E-state index in [2.05, 4.69) is 5.32 Å². The van der Waals surface area contributed by atoms with Gasteiger partial charge in [-0.15, -0.1) is 0 Å². The fourth-order valence-corrected chi connectivity index (χ4v) is 4.19. The Kier molecular flexibility index (Phi) is 8.29. The number of anilines is 1. The van der Waals surface area contributed by atoms with E-state index >= 15 is 0 Å². The topological polar surface area (TPSA) is 84.9 Å². The molecule has 0 aliphatic heterocycles. The van der Waals surface area contributed by atoms with Crippen LogP contribution in [0.5, 0.6) is 11.5 Å². The first kappa shape index (κ1) is 26.0. The van der Waals surface area contributed by atoms with E-state index in [9.17, 15) is 22.0 Å². The van der Waals surface area contributed by atoms with Crippen molar-refractivity contribution in [2.75, 3.05) is 12.4 Å². The van der Waals surface area contributed by atoms with Crippen LogP contribution in [-0.4, -0.2) is 32.5 Å². The van der Waals surface area contributed by atoms with E-state index in [0.717, 1.165) is 24.3 Å². The van der Waals surface area contributed by atoms with Gasteiger partial charge in [0.1, 0.15) is 16.5 Å². The fourth-order valence-electron chi connectivity index (χ4n) is 3.26. The summed E-state index contributed by atoms with van der Waals surface area (Å²) in [7, 11) is -2.90. The van der Waals surface area contributed by atoms with E-state index in [1.165, 1.54) is 37.4 Å². The lowest BCUT2D eigenvalue weighted by molar-refractivity contribution is 0.187. The summed E-state index contributed by atoms with van der Waals surface area (Å²) in [4.78, 5) is 14.3. The highest BCUT2D eigenvalue weighted by atomic mass is 32.2.